The van der Waals surface area contributed by atoms with Gasteiger partial charge in [-0.05, 0) is 12.1 Å². The molecular weight excluding hydrogens is 286 g/mol. The van der Waals surface area contributed by atoms with Crippen LogP contribution in [0.5, 0.6) is 0 Å². The molecule has 0 saturated heterocycles. The van der Waals surface area contributed by atoms with E-state index < -0.39 is 0 Å². The van der Waals surface area contributed by atoms with E-state index in [4.69, 9.17) is 0 Å². The SMILES string of the molecule is CNC(=O)c1cccc(-c2cnc(-c3cncnc3)s2)n1. The number of pyridine rings is 1. The molecule has 0 radical (unpaired) electrons. The van der Waals surface area contributed by atoms with Crippen LogP contribution in [0.2, 0.25) is 0 Å². The van der Waals surface area contributed by atoms with E-state index in [0.717, 1.165) is 21.1 Å². The van der Waals surface area contributed by atoms with Crippen molar-refractivity contribution in [3.63, 3.8) is 0 Å². The molecule has 0 fully saturated rings. The highest BCUT2D eigenvalue weighted by atomic mass is 32.1. The van der Waals surface area contributed by atoms with Crippen LogP contribution in [0.15, 0.2) is 43.1 Å². The number of thiazole rings is 1. The van der Waals surface area contributed by atoms with E-state index in [0.29, 0.717) is 5.69 Å². The molecule has 0 aromatic carbocycles. The van der Waals surface area contributed by atoms with Gasteiger partial charge in [-0.25, -0.2) is 19.9 Å². The summed E-state index contributed by atoms with van der Waals surface area (Å²) in [6.45, 7) is 0. The summed E-state index contributed by atoms with van der Waals surface area (Å²) in [4.78, 5) is 29.2. The van der Waals surface area contributed by atoms with Crippen LogP contribution >= 0.6 is 11.3 Å². The Balaban J connectivity index is 1.95. The highest BCUT2D eigenvalue weighted by Gasteiger charge is 2.10. The molecule has 7 heteroatoms. The maximum absolute atomic E-state index is 11.6. The molecule has 6 nitrogen and oxygen atoms in total. The molecule has 3 heterocycles. The largest absolute Gasteiger partial charge is 0.354 e. The lowest BCUT2D eigenvalue weighted by atomic mass is 10.2. The summed E-state index contributed by atoms with van der Waals surface area (Å²) < 4.78 is 0. The summed E-state index contributed by atoms with van der Waals surface area (Å²) >= 11 is 1.48. The number of nitrogens with zero attached hydrogens (tertiary/aromatic N) is 4. The van der Waals surface area contributed by atoms with Gasteiger partial charge in [0.25, 0.3) is 5.91 Å². The second-order valence-electron chi connectivity index (χ2n) is 4.14. The lowest BCUT2D eigenvalue weighted by Crippen LogP contribution is -2.19. The van der Waals surface area contributed by atoms with Gasteiger partial charge in [-0.3, -0.25) is 4.79 Å². The number of rotatable bonds is 3. The number of carbonyl (C=O) groups is 1. The van der Waals surface area contributed by atoms with Gasteiger partial charge in [0.2, 0.25) is 0 Å². The zero-order valence-electron chi connectivity index (χ0n) is 11.1. The first kappa shape index (κ1) is 13.3. The summed E-state index contributed by atoms with van der Waals surface area (Å²) in [5.74, 6) is -0.210. The molecule has 0 bridgehead atoms. The molecule has 0 aliphatic carbocycles. The summed E-state index contributed by atoms with van der Waals surface area (Å²) in [7, 11) is 1.58. The molecule has 0 aliphatic heterocycles. The zero-order chi connectivity index (χ0) is 14.7. The first-order valence-corrected chi connectivity index (χ1v) is 7.00. The Labute approximate surface area is 125 Å². The number of nitrogens with one attached hydrogen (secondary N) is 1. The lowest BCUT2D eigenvalue weighted by Gasteiger charge is -2.01. The van der Waals surface area contributed by atoms with Gasteiger partial charge < -0.3 is 5.32 Å². The first-order chi connectivity index (χ1) is 10.3. The normalized spacial score (nSPS) is 10.3. The van der Waals surface area contributed by atoms with Crippen molar-refractivity contribution in [3.05, 3.63) is 48.8 Å². The lowest BCUT2D eigenvalue weighted by molar-refractivity contribution is 0.0958. The fourth-order valence-electron chi connectivity index (χ4n) is 1.76. The van der Waals surface area contributed by atoms with E-state index in [2.05, 4.69) is 25.3 Å². The predicted octanol–water partition coefficient (Wildman–Crippen LogP) is 2.02. The standard InChI is InChI=1S/C14H11N5OS/c1-15-13(20)11-4-2-3-10(19-11)12-7-18-14(21-12)9-5-16-8-17-6-9/h2-8H,1H3,(H,15,20). The van der Waals surface area contributed by atoms with E-state index in [-0.39, 0.29) is 5.91 Å². The molecule has 0 aliphatic rings. The van der Waals surface area contributed by atoms with Gasteiger partial charge in [-0.1, -0.05) is 6.07 Å². The second-order valence-corrected chi connectivity index (χ2v) is 5.17. The average Bonchev–Trinajstić information content (AvgIpc) is 3.05. The maximum Gasteiger partial charge on any atom is 0.269 e. The monoisotopic (exact) mass is 297 g/mol. The summed E-state index contributed by atoms with van der Waals surface area (Å²) in [6.07, 6.45) is 6.64. The topological polar surface area (TPSA) is 80.7 Å². The number of hydrogen-bond acceptors (Lipinski definition) is 6. The third kappa shape index (κ3) is 2.77. The Morgan fingerprint density at radius 1 is 1.19 bits per heavy atom. The van der Waals surface area contributed by atoms with Crippen molar-refractivity contribution in [3.8, 4) is 21.1 Å². The Kier molecular flexibility index (Phi) is 3.65. The van der Waals surface area contributed by atoms with Gasteiger partial charge >= 0.3 is 0 Å². The highest BCUT2D eigenvalue weighted by molar-refractivity contribution is 7.18. The fourth-order valence-corrected chi connectivity index (χ4v) is 2.62. The van der Waals surface area contributed by atoms with Crippen molar-refractivity contribution >= 4 is 17.2 Å². The van der Waals surface area contributed by atoms with E-state index >= 15 is 0 Å². The molecule has 3 aromatic heterocycles. The van der Waals surface area contributed by atoms with Crippen LogP contribution in [0.4, 0.5) is 0 Å². The van der Waals surface area contributed by atoms with Crippen LogP contribution in [-0.4, -0.2) is 32.9 Å². The molecule has 21 heavy (non-hydrogen) atoms. The van der Waals surface area contributed by atoms with Crippen molar-refractivity contribution in [2.24, 2.45) is 0 Å². The van der Waals surface area contributed by atoms with Gasteiger partial charge in [0.1, 0.15) is 17.0 Å². The zero-order valence-corrected chi connectivity index (χ0v) is 12.0. The van der Waals surface area contributed by atoms with Gasteiger partial charge in [-0.15, -0.1) is 11.3 Å². The minimum Gasteiger partial charge on any atom is -0.354 e. The summed E-state index contributed by atoms with van der Waals surface area (Å²) in [6, 6.07) is 5.33. The number of amides is 1. The molecular formula is C14H11N5OS. The molecule has 3 rings (SSSR count). The van der Waals surface area contributed by atoms with E-state index in [1.54, 1.807) is 37.8 Å². The van der Waals surface area contributed by atoms with Crippen molar-refractivity contribution in [1.29, 1.82) is 0 Å². The molecule has 1 N–H and O–H groups in total. The van der Waals surface area contributed by atoms with Gasteiger partial charge in [0.05, 0.1) is 10.6 Å². The average molecular weight is 297 g/mol. The van der Waals surface area contributed by atoms with Gasteiger partial charge in [0, 0.05) is 31.2 Å². The Morgan fingerprint density at radius 3 is 2.76 bits per heavy atom. The molecule has 104 valence electrons. The fraction of sp³-hybridized carbons (Fsp3) is 0.0714. The summed E-state index contributed by atoms with van der Waals surface area (Å²) in [5.41, 5.74) is 1.96. The third-order valence-corrected chi connectivity index (χ3v) is 3.84. The second kappa shape index (κ2) is 5.76. The van der Waals surface area contributed by atoms with Crippen LogP contribution in [0.25, 0.3) is 21.1 Å². The molecule has 0 saturated carbocycles. The Hall–Kier alpha value is -2.67. The molecule has 0 spiro atoms. The number of hydrogen-bond donors (Lipinski definition) is 1. The van der Waals surface area contributed by atoms with E-state index in [1.807, 2.05) is 6.07 Å². The first-order valence-electron chi connectivity index (χ1n) is 6.18. The van der Waals surface area contributed by atoms with E-state index in [9.17, 15) is 4.79 Å². The predicted molar refractivity (Wildman–Crippen MR) is 79.8 cm³/mol. The van der Waals surface area contributed by atoms with Crippen LogP contribution in [0.3, 0.4) is 0 Å². The number of aromatic nitrogens is 4. The van der Waals surface area contributed by atoms with Crippen LogP contribution in [0.1, 0.15) is 10.5 Å². The minimum atomic E-state index is -0.210. The summed E-state index contributed by atoms with van der Waals surface area (Å²) in [5, 5.41) is 3.38. The van der Waals surface area contributed by atoms with Gasteiger partial charge in [0.15, 0.2) is 0 Å². The molecule has 3 aromatic rings. The van der Waals surface area contributed by atoms with Crippen molar-refractivity contribution in [1.82, 2.24) is 25.3 Å². The molecule has 0 atom stereocenters. The minimum absolute atomic E-state index is 0.210. The highest BCUT2D eigenvalue weighted by Crippen LogP contribution is 2.30. The smallest absolute Gasteiger partial charge is 0.269 e. The Bertz CT molecular complexity index is 772. The van der Waals surface area contributed by atoms with E-state index in [1.165, 1.54) is 17.7 Å². The van der Waals surface area contributed by atoms with Crippen LogP contribution in [-0.2, 0) is 0 Å². The van der Waals surface area contributed by atoms with Crippen molar-refractivity contribution < 1.29 is 4.79 Å². The Morgan fingerprint density at radius 2 is 2.00 bits per heavy atom. The van der Waals surface area contributed by atoms with Crippen LogP contribution < -0.4 is 5.32 Å². The maximum atomic E-state index is 11.6. The van der Waals surface area contributed by atoms with Crippen molar-refractivity contribution in [2.75, 3.05) is 7.05 Å². The quantitative estimate of drug-likeness (QED) is 0.800. The molecule has 0 unspecified atom stereocenters. The van der Waals surface area contributed by atoms with Crippen LogP contribution in [0, 0.1) is 0 Å². The third-order valence-electron chi connectivity index (χ3n) is 2.77. The van der Waals surface area contributed by atoms with Crippen molar-refractivity contribution in [2.45, 2.75) is 0 Å². The molecule has 1 amide bonds. The number of carbonyl (C=O) groups excluding carboxylic acids is 1. The van der Waals surface area contributed by atoms with Gasteiger partial charge in [-0.2, -0.15) is 0 Å².